The SMILES string of the molecule is COc1ccc2c(c1)C1(CC1)CN(c1cccc(C(=O)O)n1)C2. The van der Waals surface area contributed by atoms with Crippen LogP contribution in [-0.4, -0.2) is 29.7 Å². The highest BCUT2D eigenvalue weighted by Crippen LogP contribution is 2.53. The molecule has 2 aliphatic rings. The minimum absolute atomic E-state index is 0.0906. The average Bonchev–Trinajstić information content (AvgIpc) is 3.34. The van der Waals surface area contributed by atoms with Gasteiger partial charge in [0.15, 0.2) is 5.69 Å². The molecular weight excluding hydrogens is 292 g/mol. The van der Waals surface area contributed by atoms with Gasteiger partial charge in [-0.15, -0.1) is 0 Å². The van der Waals surface area contributed by atoms with Crippen LogP contribution in [0.1, 0.15) is 34.5 Å². The molecule has 5 heteroatoms. The van der Waals surface area contributed by atoms with E-state index in [4.69, 9.17) is 9.84 Å². The maximum absolute atomic E-state index is 11.1. The molecule has 5 nitrogen and oxygen atoms in total. The number of pyridine rings is 1. The lowest BCUT2D eigenvalue weighted by Crippen LogP contribution is -2.38. The smallest absolute Gasteiger partial charge is 0.354 e. The fraction of sp³-hybridized carbons (Fsp3) is 0.333. The Bertz CT molecular complexity index is 784. The molecule has 0 atom stereocenters. The summed E-state index contributed by atoms with van der Waals surface area (Å²) in [4.78, 5) is 17.6. The summed E-state index contributed by atoms with van der Waals surface area (Å²) in [5.41, 5.74) is 2.91. The van der Waals surface area contributed by atoms with Gasteiger partial charge in [0.25, 0.3) is 0 Å². The fourth-order valence-electron chi connectivity index (χ4n) is 3.48. The van der Waals surface area contributed by atoms with Crippen LogP contribution in [0.5, 0.6) is 5.75 Å². The summed E-state index contributed by atoms with van der Waals surface area (Å²) >= 11 is 0. The Balaban J connectivity index is 1.71. The zero-order valence-electron chi connectivity index (χ0n) is 13.0. The van der Waals surface area contributed by atoms with Gasteiger partial charge >= 0.3 is 5.97 Å². The van der Waals surface area contributed by atoms with Crippen molar-refractivity contribution in [1.82, 2.24) is 4.98 Å². The molecule has 0 unspecified atom stereocenters. The molecule has 118 valence electrons. The van der Waals surface area contributed by atoms with Crippen molar-refractivity contribution in [2.45, 2.75) is 24.8 Å². The second-order valence-corrected chi connectivity index (χ2v) is 6.35. The molecule has 2 heterocycles. The van der Waals surface area contributed by atoms with Gasteiger partial charge in [0.2, 0.25) is 0 Å². The fourth-order valence-corrected chi connectivity index (χ4v) is 3.48. The van der Waals surface area contributed by atoms with Crippen LogP contribution in [0.25, 0.3) is 0 Å². The molecular formula is C18H18N2O3. The highest BCUT2D eigenvalue weighted by molar-refractivity contribution is 5.85. The number of anilines is 1. The van der Waals surface area contributed by atoms with Crippen molar-refractivity contribution >= 4 is 11.8 Å². The predicted molar refractivity (Wildman–Crippen MR) is 86.2 cm³/mol. The summed E-state index contributed by atoms with van der Waals surface area (Å²) in [5.74, 6) is 0.641. The second-order valence-electron chi connectivity index (χ2n) is 6.35. The average molecular weight is 310 g/mol. The summed E-state index contributed by atoms with van der Waals surface area (Å²) in [6.07, 6.45) is 2.31. The highest BCUT2D eigenvalue weighted by atomic mass is 16.5. The number of aromatic carboxylic acids is 1. The Morgan fingerprint density at radius 1 is 1.30 bits per heavy atom. The van der Waals surface area contributed by atoms with Crippen LogP contribution in [0.15, 0.2) is 36.4 Å². The molecule has 1 aromatic carbocycles. The summed E-state index contributed by atoms with van der Waals surface area (Å²) in [5, 5.41) is 9.14. The predicted octanol–water partition coefficient (Wildman–Crippen LogP) is 2.84. The highest BCUT2D eigenvalue weighted by Gasteiger charge is 2.49. The van der Waals surface area contributed by atoms with E-state index in [0.717, 1.165) is 37.5 Å². The standard InChI is InChI=1S/C18H18N2O3/c1-23-13-6-5-12-10-20(11-18(7-8-18)14(12)9-13)16-4-2-3-15(19-16)17(21)22/h2-6,9H,7-8,10-11H2,1H3,(H,21,22). The first kappa shape index (κ1) is 14.1. The molecule has 0 amide bonds. The van der Waals surface area contributed by atoms with E-state index in [9.17, 15) is 4.79 Å². The van der Waals surface area contributed by atoms with Crippen molar-refractivity contribution in [3.05, 3.63) is 53.2 Å². The molecule has 4 rings (SSSR count). The van der Waals surface area contributed by atoms with Gasteiger partial charge in [-0.25, -0.2) is 9.78 Å². The Labute approximate surface area is 134 Å². The third-order valence-electron chi connectivity index (χ3n) is 4.87. The van der Waals surface area contributed by atoms with E-state index in [-0.39, 0.29) is 11.1 Å². The van der Waals surface area contributed by atoms with Gasteiger partial charge < -0.3 is 14.7 Å². The number of carboxylic acid groups (broad SMARTS) is 1. The third kappa shape index (κ3) is 2.32. The first-order valence-electron chi connectivity index (χ1n) is 7.74. The lowest BCUT2D eigenvalue weighted by molar-refractivity contribution is 0.0690. The minimum atomic E-state index is -0.991. The molecule has 1 saturated carbocycles. The first-order chi connectivity index (χ1) is 11.1. The second kappa shape index (κ2) is 4.98. The molecule has 2 aromatic rings. The van der Waals surface area contributed by atoms with Crippen molar-refractivity contribution in [3.8, 4) is 5.75 Å². The number of methoxy groups -OCH3 is 1. The quantitative estimate of drug-likeness (QED) is 0.944. The number of benzene rings is 1. The van der Waals surface area contributed by atoms with Gasteiger partial charge in [0, 0.05) is 18.5 Å². The maximum Gasteiger partial charge on any atom is 0.354 e. The van der Waals surface area contributed by atoms with Crippen LogP contribution < -0.4 is 9.64 Å². The molecule has 1 N–H and O–H groups in total. The third-order valence-corrected chi connectivity index (χ3v) is 4.87. The molecule has 0 radical (unpaired) electrons. The van der Waals surface area contributed by atoms with E-state index in [1.165, 1.54) is 17.2 Å². The number of ether oxygens (including phenoxy) is 1. The van der Waals surface area contributed by atoms with E-state index in [0.29, 0.717) is 0 Å². The van der Waals surface area contributed by atoms with Gasteiger partial charge in [-0.3, -0.25) is 0 Å². The van der Waals surface area contributed by atoms with Crippen molar-refractivity contribution in [1.29, 1.82) is 0 Å². The summed E-state index contributed by atoms with van der Waals surface area (Å²) < 4.78 is 5.36. The molecule has 1 aliphatic heterocycles. The zero-order chi connectivity index (χ0) is 16.0. The van der Waals surface area contributed by atoms with Crippen molar-refractivity contribution in [2.24, 2.45) is 0 Å². The van der Waals surface area contributed by atoms with Gasteiger partial charge in [-0.05, 0) is 48.2 Å². The van der Waals surface area contributed by atoms with Crippen molar-refractivity contribution in [3.63, 3.8) is 0 Å². The zero-order valence-corrected chi connectivity index (χ0v) is 13.0. The summed E-state index contributed by atoms with van der Waals surface area (Å²) in [6.45, 7) is 1.63. The van der Waals surface area contributed by atoms with E-state index in [1.54, 1.807) is 13.2 Å². The molecule has 23 heavy (non-hydrogen) atoms. The Kier molecular flexibility index (Phi) is 3.04. The molecule has 1 aromatic heterocycles. The maximum atomic E-state index is 11.1. The topological polar surface area (TPSA) is 62.7 Å². The molecule has 1 spiro atoms. The number of carbonyl (C=O) groups is 1. The first-order valence-corrected chi connectivity index (χ1v) is 7.74. The van der Waals surface area contributed by atoms with Crippen LogP contribution in [0.2, 0.25) is 0 Å². The molecule has 0 bridgehead atoms. The largest absolute Gasteiger partial charge is 0.497 e. The number of aromatic nitrogens is 1. The van der Waals surface area contributed by atoms with Crippen LogP contribution in [-0.2, 0) is 12.0 Å². The lowest BCUT2D eigenvalue weighted by atomic mass is 9.86. The van der Waals surface area contributed by atoms with Crippen LogP contribution in [0.3, 0.4) is 0 Å². The number of hydrogen-bond acceptors (Lipinski definition) is 4. The molecule has 1 aliphatic carbocycles. The van der Waals surface area contributed by atoms with Crippen LogP contribution in [0.4, 0.5) is 5.82 Å². The van der Waals surface area contributed by atoms with Gasteiger partial charge in [-0.2, -0.15) is 0 Å². The Morgan fingerprint density at radius 3 is 2.83 bits per heavy atom. The Morgan fingerprint density at radius 2 is 2.13 bits per heavy atom. The van der Waals surface area contributed by atoms with E-state index >= 15 is 0 Å². The van der Waals surface area contributed by atoms with E-state index in [1.807, 2.05) is 12.1 Å². The Hall–Kier alpha value is -2.56. The minimum Gasteiger partial charge on any atom is -0.497 e. The summed E-state index contributed by atoms with van der Waals surface area (Å²) in [7, 11) is 1.69. The number of fused-ring (bicyclic) bond motifs is 2. The van der Waals surface area contributed by atoms with Gasteiger partial charge in [-0.1, -0.05) is 12.1 Å². The van der Waals surface area contributed by atoms with E-state index in [2.05, 4.69) is 22.0 Å². The van der Waals surface area contributed by atoms with E-state index < -0.39 is 5.97 Å². The molecule has 1 fully saturated rings. The van der Waals surface area contributed by atoms with Crippen molar-refractivity contribution in [2.75, 3.05) is 18.6 Å². The van der Waals surface area contributed by atoms with Crippen molar-refractivity contribution < 1.29 is 14.6 Å². The number of carboxylic acids is 1. The number of nitrogens with zero attached hydrogens (tertiary/aromatic N) is 2. The van der Waals surface area contributed by atoms with Crippen LogP contribution in [0, 0.1) is 0 Å². The number of hydrogen-bond donors (Lipinski definition) is 1. The van der Waals surface area contributed by atoms with Crippen LogP contribution >= 0.6 is 0 Å². The van der Waals surface area contributed by atoms with Gasteiger partial charge in [0.1, 0.15) is 11.6 Å². The summed E-state index contributed by atoms with van der Waals surface area (Å²) in [6, 6.07) is 11.4. The van der Waals surface area contributed by atoms with Gasteiger partial charge in [0.05, 0.1) is 7.11 Å². The normalized spacial score (nSPS) is 17.7. The molecule has 0 saturated heterocycles. The monoisotopic (exact) mass is 310 g/mol. The lowest BCUT2D eigenvalue weighted by Gasteiger charge is -2.36. The number of rotatable bonds is 3.